The summed E-state index contributed by atoms with van der Waals surface area (Å²) in [5.41, 5.74) is 0.906. The van der Waals surface area contributed by atoms with Crippen molar-refractivity contribution in [2.24, 2.45) is 5.41 Å². The predicted octanol–water partition coefficient (Wildman–Crippen LogP) is 4.94. The molecule has 1 unspecified atom stereocenters. The van der Waals surface area contributed by atoms with Crippen LogP contribution in [0.3, 0.4) is 0 Å². The number of hydrogen-bond donors (Lipinski definition) is 2. The van der Waals surface area contributed by atoms with Crippen LogP contribution in [-0.4, -0.2) is 44.2 Å². The summed E-state index contributed by atoms with van der Waals surface area (Å²) in [5, 5.41) is 7.83. The zero-order chi connectivity index (χ0) is 21.0. The topological polar surface area (TPSA) is 47.6 Å². The zero-order valence-corrected chi connectivity index (χ0v) is 18.5. The summed E-state index contributed by atoms with van der Waals surface area (Å²) in [5.74, 6) is -0.307. The third-order valence-electron chi connectivity index (χ3n) is 5.23. The Balaban J connectivity index is 1.67. The number of anilines is 2. The second-order valence-electron chi connectivity index (χ2n) is 8.72. The smallest absolute Gasteiger partial charge is 0.319 e. The molecule has 0 bridgehead atoms. The highest BCUT2D eigenvalue weighted by Crippen LogP contribution is 2.35. The van der Waals surface area contributed by atoms with E-state index >= 15 is 0 Å². The number of nitrogens with zero attached hydrogens (tertiary/aromatic N) is 2. The van der Waals surface area contributed by atoms with E-state index in [1.807, 2.05) is 17.5 Å². The predicted molar refractivity (Wildman–Crippen MR) is 119 cm³/mol. The molecular formula is C22H31FN4OS. The lowest BCUT2D eigenvalue weighted by atomic mass is 9.86. The van der Waals surface area contributed by atoms with Crippen molar-refractivity contribution in [3.63, 3.8) is 0 Å². The standard InChI is InChI=1S/C22H31FN4OS/c1-22(2,3)20(19-7-5-14-29-19)25-21(28)24-16-8-9-18(17(23)15-16)27-11-6-10-26(4)12-13-27/h5,7-9,14-15,20H,6,10-13H2,1-4H3,(H2,24,25,28). The van der Waals surface area contributed by atoms with Crippen molar-refractivity contribution in [1.82, 2.24) is 10.2 Å². The minimum atomic E-state index is -0.332. The van der Waals surface area contributed by atoms with Gasteiger partial charge in [-0.1, -0.05) is 26.8 Å². The van der Waals surface area contributed by atoms with E-state index in [2.05, 4.69) is 48.3 Å². The van der Waals surface area contributed by atoms with Gasteiger partial charge in [0.05, 0.1) is 11.7 Å². The molecule has 1 aromatic heterocycles. The van der Waals surface area contributed by atoms with Crippen molar-refractivity contribution < 1.29 is 9.18 Å². The first-order valence-corrected chi connectivity index (χ1v) is 11.0. The third-order valence-corrected chi connectivity index (χ3v) is 6.17. The summed E-state index contributed by atoms with van der Waals surface area (Å²) >= 11 is 1.62. The molecule has 2 amide bonds. The number of urea groups is 1. The molecule has 5 nitrogen and oxygen atoms in total. The van der Waals surface area contributed by atoms with Gasteiger partial charge in [0.25, 0.3) is 0 Å². The molecule has 1 saturated heterocycles. The Hall–Kier alpha value is -2.12. The molecule has 0 radical (unpaired) electrons. The van der Waals surface area contributed by atoms with Crippen LogP contribution in [0.1, 0.15) is 38.1 Å². The van der Waals surface area contributed by atoms with Gasteiger partial charge < -0.3 is 20.4 Å². The first-order chi connectivity index (χ1) is 13.7. The van der Waals surface area contributed by atoms with E-state index in [0.29, 0.717) is 11.4 Å². The largest absolute Gasteiger partial charge is 0.368 e. The summed E-state index contributed by atoms with van der Waals surface area (Å²) < 4.78 is 14.8. The van der Waals surface area contributed by atoms with Gasteiger partial charge in [-0.05, 0) is 55.1 Å². The fourth-order valence-electron chi connectivity index (χ4n) is 3.60. The number of nitrogens with one attached hydrogen (secondary N) is 2. The van der Waals surface area contributed by atoms with Crippen molar-refractivity contribution >= 4 is 28.7 Å². The highest BCUT2D eigenvalue weighted by Gasteiger charge is 2.28. The van der Waals surface area contributed by atoms with Crippen LogP contribution in [-0.2, 0) is 0 Å². The Bertz CT molecular complexity index is 819. The van der Waals surface area contributed by atoms with Crippen molar-refractivity contribution in [1.29, 1.82) is 0 Å². The maximum atomic E-state index is 14.8. The molecule has 29 heavy (non-hydrogen) atoms. The van der Waals surface area contributed by atoms with E-state index < -0.39 is 0 Å². The SMILES string of the molecule is CN1CCCN(c2ccc(NC(=O)NC(c3cccs3)C(C)(C)C)cc2F)CC1. The van der Waals surface area contributed by atoms with E-state index in [0.717, 1.165) is 37.5 Å². The highest BCUT2D eigenvalue weighted by atomic mass is 32.1. The van der Waals surface area contributed by atoms with Crippen molar-refractivity contribution in [2.75, 3.05) is 43.4 Å². The van der Waals surface area contributed by atoms with Crippen molar-refractivity contribution in [2.45, 2.75) is 33.2 Å². The number of rotatable bonds is 4. The van der Waals surface area contributed by atoms with E-state index in [9.17, 15) is 9.18 Å². The number of thiophene rings is 1. The Kier molecular flexibility index (Phi) is 6.80. The molecular weight excluding hydrogens is 387 g/mol. The van der Waals surface area contributed by atoms with Gasteiger partial charge in [-0.15, -0.1) is 11.3 Å². The van der Waals surface area contributed by atoms with Crippen LogP contribution in [0.4, 0.5) is 20.6 Å². The van der Waals surface area contributed by atoms with Gasteiger partial charge in [-0.3, -0.25) is 0 Å². The summed E-state index contributed by atoms with van der Waals surface area (Å²) in [7, 11) is 2.09. The number of likely N-dealkylation sites (N-methyl/N-ethyl adjacent to an activating group) is 1. The van der Waals surface area contributed by atoms with Crippen molar-refractivity contribution in [3.8, 4) is 0 Å². The Labute approximate surface area is 176 Å². The molecule has 3 rings (SSSR count). The molecule has 1 aliphatic heterocycles. The van der Waals surface area contributed by atoms with Crippen LogP contribution >= 0.6 is 11.3 Å². The average molecular weight is 419 g/mol. The van der Waals surface area contributed by atoms with Gasteiger partial charge in [-0.25, -0.2) is 9.18 Å². The number of hydrogen-bond acceptors (Lipinski definition) is 4. The fraction of sp³-hybridized carbons (Fsp3) is 0.500. The van der Waals surface area contributed by atoms with Gasteiger partial charge in [0.15, 0.2) is 0 Å². The van der Waals surface area contributed by atoms with E-state index in [1.54, 1.807) is 23.5 Å². The van der Waals surface area contributed by atoms with Gasteiger partial charge in [-0.2, -0.15) is 0 Å². The minimum absolute atomic E-state index is 0.124. The Morgan fingerprint density at radius 3 is 2.62 bits per heavy atom. The monoisotopic (exact) mass is 418 g/mol. The summed E-state index contributed by atoms with van der Waals surface area (Å²) in [4.78, 5) is 18.0. The molecule has 1 aromatic carbocycles. The first kappa shape index (κ1) is 21.6. The summed E-state index contributed by atoms with van der Waals surface area (Å²) in [6.45, 7) is 9.84. The molecule has 1 aliphatic rings. The maximum Gasteiger partial charge on any atom is 0.319 e. The highest BCUT2D eigenvalue weighted by molar-refractivity contribution is 7.10. The maximum absolute atomic E-state index is 14.8. The first-order valence-electron chi connectivity index (χ1n) is 10.1. The van der Waals surface area contributed by atoms with Crippen LogP contribution in [0.5, 0.6) is 0 Å². The molecule has 158 valence electrons. The van der Waals surface area contributed by atoms with Crippen LogP contribution in [0.2, 0.25) is 0 Å². The van der Waals surface area contributed by atoms with Gasteiger partial charge in [0, 0.05) is 30.2 Å². The fourth-order valence-corrected chi connectivity index (χ4v) is 4.62. The Morgan fingerprint density at radius 1 is 1.17 bits per heavy atom. The molecule has 1 fully saturated rings. The number of benzene rings is 1. The van der Waals surface area contributed by atoms with Crippen LogP contribution in [0.25, 0.3) is 0 Å². The lowest BCUT2D eigenvalue weighted by Gasteiger charge is -2.30. The van der Waals surface area contributed by atoms with Crippen molar-refractivity contribution in [3.05, 3.63) is 46.4 Å². The number of carbonyl (C=O) groups is 1. The quantitative estimate of drug-likeness (QED) is 0.739. The van der Waals surface area contributed by atoms with Gasteiger partial charge in [0.2, 0.25) is 0 Å². The second kappa shape index (κ2) is 9.13. The molecule has 0 aliphatic carbocycles. The molecule has 2 heterocycles. The second-order valence-corrected chi connectivity index (χ2v) is 9.70. The van der Waals surface area contributed by atoms with E-state index in [-0.39, 0.29) is 23.3 Å². The van der Waals surface area contributed by atoms with Gasteiger partial charge in [0.1, 0.15) is 5.82 Å². The number of carbonyl (C=O) groups excluding carboxylic acids is 1. The van der Waals surface area contributed by atoms with Crippen LogP contribution < -0.4 is 15.5 Å². The van der Waals surface area contributed by atoms with E-state index in [1.165, 1.54) is 6.07 Å². The number of amides is 2. The summed E-state index contributed by atoms with van der Waals surface area (Å²) in [6.07, 6.45) is 1.01. The normalized spacial score (nSPS) is 16.9. The molecule has 7 heteroatoms. The molecule has 2 N–H and O–H groups in total. The third kappa shape index (κ3) is 5.70. The molecule has 0 saturated carbocycles. The minimum Gasteiger partial charge on any atom is -0.368 e. The molecule has 1 atom stereocenters. The molecule has 2 aromatic rings. The molecule has 0 spiro atoms. The van der Waals surface area contributed by atoms with E-state index in [4.69, 9.17) is 0 Å². The number of halogens is 1. The van der Waals surface area contributed by atoms with Crippen LogP contribution in [0, 0.1) is 11.2 Å². The van der Waals surface area contributed by atoms with Crippen LogP contribution in [0.15, 0.2) is 35.7 Å². The zero-order valence-electron chi connectivity index (χ0n) is 17.7. The lowest BCUT2D eigenvalue weighted by molar-refractivity contribution is 0.230. The summed E-state index contributed by atoms with van der Waals surface area (Å²) in [6, 6.07) is 8.48. The lowest BCUT2D eigenvalue weighted by Crippen LogP contribution is -2.38. The van der Waals surface area contributed by atoms with Gasteiger partial charge >= 0.3 is 6.03 Å². The Morgan fingerprint density at radius 2 is 1.97 bits per heavy atom. The average Bonchev–Trinajstić information content (AvgIpc) is 3.08.